The Morgan fingerprint density at radius 3 is 2.75 bits per heavy atom. The van der Waals surface area contributed by atoms with Crippen molar-refractivity contribution in [1.82, 2.24) is 24.4 Å². The smallest absolute Gasteiger partial charge is 0.216 e. The minimum Gasteiger partial charge on any atom is -0.295 e. The molecular formula is C16H23N5O2S. The Morgan fingerprint density at radius 1 is 1.29 bits per heavy atom. The van der Waals surface area contributed by atoms with Crippen molar-refractivity contribution in [1.29, 1.82) is 0 Å². The molecule has 1 aromatic carbocycles. The molecule has 1 saturated heterocycles. The van der Waals surface area contributed by atoms with Gasteiger partial charge < -0.3 is 0 Å². The van der Waals surface area contributed by atoms with Crippen LogP contribution in [0.2, 0.25) is 0 Å². The second-order valence-electron chi connectivity index (χ2n) is 6.39. The second-order valence-corrected chi connectivity index (χ2v) is 8.38. The van der Waals surface area contributed by atoms with E-state index in [1.54, 1.807) is 4.68 Å². The molecule has 24 heavy (non-hydrogen) atoms. The molecule has 0 amide bonds. The Hall–Kier alpha value is -1.77. The van der Waals surface area contributed by atoms with Crippen LogP contribution >= 0.6 is 0 Å². The van der Waals surface area contributed by atoms with Crippen LogP contribution in [0.5, 0.6) is 0 Å². The van der Waals surface area contributed by atoms with E-state index in [9.17, 15) is 8.42 Å². The van der Waals surface area contributed by atoms with E-state index in [0.29, 0.717) is 19.5 Å². The Balaban J connectivity index is 1.68. The van der Waals surface area contributed by atoms with Crippen LogP contribution < -0.4 is 4.72 Å². The van der Waals surface area contributed by atoms with Gasteiger partial charge in [0.05, 0.1) is 17.5 Å². The normalized spacial score (nSPS) is 19.2. The number of likely N-dealkylation sites (tertiary alicyclic amines) is 1. The number of para-hydroxylation sites is 1. The first kappa shape index (κ1) is 17.1. The van der Waals surface area contributed by atoms with Crippen molar-refractivity contribution >= 4 is 10.0 Å². The molecule has 8 heteroatoms. The molecule has 0 bridgehead atoms. The molecule has 0 radical (unpaired) electrons. The van der Waals surface area contributed by atoms with Crippen LogP contribution in [0.4, 0.5) is 0 Å². The highest BCUT2D eigenvalue weighted by Gasteiger charge is 2.33. The van der Waals surface area contributed by atoms with Gasteiger partial charge in [0.25, 0.3) is 0 Å². The molecule has 0 saturated carbocycles. The van der Waals surface area contributed by atoms with Gasteiger partial charge in [0.15, 0.2) is 0 Å². The summed E-state index contributed by atoms with van der Waals surface area (Å²) in [4.78, 5) is 6.46. The van der Waals surface area contributed by atoms with E-state index in [1.807, 2.05) is 44.2 Å². The number of sulfonamides is 1. The second kappa shape index (κ2) is 7.00. The van der Waals surface area contributed by atoms with Crippen molar-refractivity contribution in [2.45, 2.75) is 38.1 Å². The SMILES string of the molecule is CC(C)NS(=O)(=O)C1CCN(Cc2ncnn2-c2ccccc2)C1. The Morgan fingerprint density at radius 2 is 2.04 bits per heavy atom. The first-order valence-electron chi connectivity index (χ1n) is 8.13. The van der Waals surface area contributed by atoms with Gasteiger partial charge in [-0.1, -0.05) is 18.2 Å². The molecule has 3 rings (SSSR count). The standard InChI is InChI=1S/C16H23N5O2S/c1-13(2)19-24(22,23)15-8-9-20(10-15)11-16-17-12-18-21(16)14-6-4-3-5-7-14/h3-7,12-13,15,19H,8-11H2,1-2H3. The molecule has 130 valence electrons. The lowest BCUT2D eigenvalue weighted by molar-refractivity contribution is 0.319. The number of nitrogens with one attached hydrogen (secondary N) is 1. The number of rotatable bonds is 6. The lowest BCUT2D eigenvalue weighted by Crippen LogP contribution is -2.39. The number of aromatic nitrogens is 3. The molecule has 1 aromatic heterocycles. The molecule has 1 atom stereocenters. The van der Waals surface area contributed by atoms with Gasteiger partial charge in [0, 0.05) is 19.1 Å². The van der Waals surface area contributed by atoms with Gasteiger partial charge in [-0.25, -0.2) is 22.8 Å². The molecular weight excluding hydrogens is 326 g/mol. The predicted molar refractivity (Wildman–Crippen MR) is 92.2 cm³/mol. The van der Waals surface area contributed by atoms with Gasteiger partial charge in [-0.05, 0) is 32.4 Å². The van der Waals surface area contributed by atoms with E-state index in [2.05, 4.69) is 19.7 Å². The maximum Gasteiger partial charge on any atom is 0.216 e. The lowest BCUT2D eigenvalue weighted by Gasteiger charge is -2.17. The fourth-order valence-corrected chi connectivity index (χ4v) is 4.65. The molecule has 1 N–H and O–H groups in total. The summed E-state index contributed by atoms with van der Waals surface area (Å²) in [5, 5.41) is 3.92. The quantitative estimate of drug-likeness (QED) is 0.847. The molecule has 1 fully saturated rings. The summed E-state index contributed by atoms with van der Waals surface area (Å²) >= 11 is 0. The fraction of sp³-hybridized carbons (Fsp3) is 0.500. The average Bonchev–Trinajstić information content (AvgIpc) is 3.17. The molecule has 1 aliphatic heterocycles. The van der Waals surface area contributed by atoms with Gasteiger partial charge in [-0.3, -0.25) is 4.90 Å². The van der Waals surface area contributed by atoms with Gasteiger partial charge in [-0.15, -0.1) is 0 Å². The largest absolute Gasteiger partial charge is 0.295 e. The van der Waals surface area contributed by atoms with Gasteiger partial charge in [0.2, 0.25) is 10.0 Å². The molecule has 0 aliphatic carbocycles. The highest BCUT2D eigenvalue weighted by molar-refractivity contribution is 7.90. The molecule has 7 nitrogen and oxygen atoms in total. The maximum atomic E-state index is 12.3. The lowest BCUT2D eigenvalue weighted by atomic mass is 10.3. The Bertz CT molecular complexity index is 773. The number of nitrogens with zero attached hydrogens (tertiary/aromatic N) is 4. The van der Waals surface area contributed by atoms with Crippen LogP contribution in [0, 0.1) is 0 Å². The van der Waals surface area contributed by atoms with Gasteiger partial charge >= 0.3 is 0 Å². The van der Waals surface area contributed by atoms with E-state index < -0.39 is 10.0 Å². The molecule has 1 aliphatic rings. The zero-order valence-electron chi connectivity index (χ0n) is 14.0. The van der Waals surface area contributed by atoms with Crippen LogP contribution in [0.25, 0.3) is 5.69 Å². The van der Waals surface area contributed by atoms with Crippen LogP contribution in [0.1, 0.15) is 26.1 Å². The van der Waals surface area contributed by atoms with Gasteiger partial charge in [0.1, 0.15) is 12.2 Å². The zero-order valence-corrected chi connectivity index (χ0v) is 14.8. The zero-order chi connectivity index (χ0) is 17.2. The van der Waals surface area contributed by atoms with E-state index >= 15 is 0 Å². The third kappa shape index (κ3) is 3.82. The maximum absolute atomic E-state index is 12.3. The van der Waals surface area contributed by atoms with Gasteiger partial charge in [-0.2, -0.15) is 5.10 Å². The van der Waals surface area contributed by atoms with Crippen molar-refractivity contribution in [2.24, 2.45) is 0 Å². The van der Waals surface area contributed by atoms with Crippen molar-refractivity contribution < 1.29 is 8.42 Å². The Labute approximate surface area is 142 Å². The topological polar surface area (TPSA) is 80.1 Å². The van der Waals surface area contributed by atoms with Crippen molar-refractivity contribution in [3.8, 4) is 5.69 Å². The summed E-state index contributed by atoms with van der Waals surface area (Å²) in [6.07, 6.45) is 2.18. The number of hydrogen-bond donors (Lipinski definition) is 1. The van der Waals surface area contributed by atoms with E-state index in [-0.39, 0.29) is 11.3 Å². The van der Waals surface area contributed by atoms with Crippen LogP contribution in [-0.2, 0) is 16.6 Å². The molecule has 0 spiro atoms. The van der Waals surface area contributed by atoms with E-state index in [1.165, 1.54) is 6.33 Å². The molecule has 2 aromatic rings. The molecule has 1 unspecified atom stereocenters. The van der Waals surface area contributed by atoms with Crippen LogP contribution in [0.3, 0.4) is 0 Å². The monoisotopic (exact) mass is 349 g/mol. The van der Waals surface area contributed by atoms with Crippen molar-refractivity contribution in [2.75, 3.05) is 13.1 Å². The fourth-order valence-electron chi connectivity index (χ4n) is 2.98. The van der Waals surface area contributed by atoms with Crippen LogP contribution in [-0.4, -0.2) is 52.5 Å². The average molecular weight is 349 g/mol. The third-order valence-electron chi connectivity index (χ3n) is 4.05. The van der Waals surface area contributed by atoms with Crippen molar-refractivity contribution in [3.05, 3.63) is 42.5 Å². The first-order chi connectivity index (χ1) is 11.5. The summed E-state index contributed by atoms with van der Waals surface area (Å²) in [6.45, 7) is 5.52. The van der Waals surface area contributed by atoms with E-state index in [4.69, 9.17) is 0 Å². The number of hydrogen-bond acceptors (Lipinski definition) is 5. The Kier molecular flexibility index (Phi) is 4.98. The van der Waals surface area contributed by atoms with Crippen molar-refractivity contribution in [3.63, 3.8) is 0 Å². The first-order valence-corrected chi connectivity index (χ1v) is 9.68. The minimum absolute atomic E-state index is 0.0785. The summed E-state index contributed by atoms with van der Waals surface area (Å²) in [5.41, 5.74) is 0.954. The summed E-state index contributed by atoms with van der Waals surface area (Å²) in [7, 11) is -3.27. The minimum atomic E-state index is -3.27. The van der Waals surface area contributed by atoms with E-state index in [0.717, 1.165) is 18.1 Å². The predicted octanol–water partition coefficient (Wildman–Crippen LogP) is 1.17. The summed E-state index contributed by atoms with van der Waals surface area (Å²) < 4.78 is 29.1. The van der Waals surface area contributed by atoms with Crippen LogP contribution in [0.15, 0.2) is 36.7 Å². The highest BCUT2D eigenvalue weighted by atomic mass is 32.2. The number of benzene rings is 1. The summed E-state index contributed by atoms with van der Waals surface area (Å²) in [6, 6.07) is 9.74. The molecule has 2 heterocycles. The summed E-state index contributed by atoms with van der Waals surface area (Å²) in [5.74, 6) is 0.816. The third-order valence-corrected chi connectivity index (χ3v) is 6.11. The highest BCUT2D eigenvalue weighted by Crippen LogP contribution is 2.19.